The largest absolute Gasteiger partial charge is 0.0622 e. The molecule has 0 nitrogen and oxygen atoms in total. The van der Waals surface area contributed by atoms with Gasteiger partial charge in [-0.1, -0.05) is 133 Å². The molecule has 0 atom stereocenters. The van der Waals surface area contributed by atoms with E-state index in [1.165, 1.54) is 44.5 Å². The predicted octanol–water partition coefficient (Wildman–Crippen LogP) is 9.28. The fourth-order valence-corrected chi connectivity index (χ4v) is 4.56. The topological polar surface area (TPSA) is 0 Å². The zero-order chi connectivity index (χ0) is 22.9. The van der Waals surface area contributed by atoms with Crippen molar-refractivity contribution in [3.05, 3.63) is 108 Å². The third-order valence-corrected chi connectivity index (χ3v) is 6.18. The summed E-state index contributed by atoms with van der Waals surface area (Å²) in [5, 5.41) is 0. The first-order chi connectivity index (χ1) is 15.2. The Morgan fingerprint density at radius 2 is 0.875 bits per heavy atom. The van der Waals surface area contributed by atoms with Crippen molar-refractivity contribution in [2.45, 2.75) is 52.4 Å². The van der Waals surface area contributed by atoms with Gasteiger partial charge in [0, 0.05) is 0 Å². The van der Waals surface area contributed by atoms with Crippen molar-refractivity contribution in [2.75, 3.05) is 0 Å². The molecule has 0 N–H and O–H groups in total. The monoisotopic (exact) mass is 418 g/mol. The summed E-state index contributed by atoms with van der Waals surface area (Å²) in [6.45, 7) is 13.8. The SMILES string of the molecule is CC(C)(C)c1ccccc1-c1ccc(-c2ccccc2)c(-c2ccccc2C(C)(C)C)c1. The first kappa shape index (κ1) is 22.1. The summed E-state index contributed by atoms with van der Waals surface area (Å²) in [4.78, 5) is 0. The van der Waals surface area contributed by atoms with E-state index in [9.17, 15) is 0 Å². The zero-order valence-electron chi connectivity index (χ0n) is 20.2. The average molecular weight is 419 g/mol. The van der Waals surface area contributed by atoms with E-state index in [-0.39, 0.29) is 10.8 Å². The lowest BCUT2D eigenvalue weighted by atomic mass is 9.78. The Hall–Kier alpha value is -3.12. The standard InChI is InChI=1S/C32H34/c1-31(2,3)29-18-12-10-16-26(29)24-20-21-25(23-14-8-7-9-15-23)28(22-24)27-17-11-13-19-30(27)32(4,5)6/h7-22H,1-6H3. The van der Waals surface area contributed by atoms with Crippen LogP contribution in [0, 0.1) is 0 Å². The van der Waals surface area contributed by atoms with Crippen molar-refractivity contribution in [1.29, 1.82) is 0 Å². The molecule has 32 heavy (non-hydrogen) atoms. The first-order valence-electron chi connectivity index (χ1n) is 11.6. The molecule has 4 rings (SSSR count). The maximum Gasteiger partial charge on any atom is -0.00963 e. The normalized spacial score (nSPS) is 12.1. The molecule has 0 aliphatic carbocycles. The van der Waals surface area contributed by atoms with Gasteiger partial charge in [0.05, 0.1) is 0 Å². The molecule has 0 saturated heterocycles. The molecule has 0 spiro atoms. The van der Waals surface area contributed by atoms with Crippen LogP contribution in [0.1, 0.15) is 52.7 Å². The average Bonchev–Trinajstić information content (AvgIpc) is 2.78. The van der Waals surface area contributed by atoms with E-state index in [0.29, 0.717) is 0 Å². The summed E-state index contributed by atoms with van der Waals surface area (Å²) in [5.74, 6) is 0. The number of hydrogen-bond donors (Lipinski definition) is 0. The Morgan fingerprint density at radius 1 is 0.375 bits per heavy atom. The van der Waals surface area contributed by atoms with E-state index < -0.39 is 0 Å². The molecule has 0 unspecified atom stereocenters. The first-order valence-corrected chi connectivity index (χ1v) is 11.6. The lowest BCUT2D eigenvalue weighted by Gasteiger charge is -2.26. The van der Waals surface area contributed by atoms with Crippen molar-refractivity contribution in [1.82, 2.24) is 0 Å². The minimum absolute atomic E-state index is 0.0594. The van der Waals surface area contributed by atoms with Crippen molar-refractivity contribution < 1.29 is 0 Å². The van der Waals surface area contributed by atoms with Gasteiger partial charge in [0.25, 0.3) is 0 Å². The van der Waals surface area contributed by atoms with Crippen LogP contribution in [0.2, 0.25) is 0 Å². The van der Waals surface area contributed by atoms with Gasteiger partial charge in [-0.25, -0.2) is 0 Å². The van der Waals surface area contributed by atoms with E-state index >= 15 is 0 Å². The van der Waals surface area contributed by atoms with Crippen molar-refractivity contribution in [2.24, 2.45) is 0 Å². The molecule has 0 amide bonds. The fraction of sp³-hybridized carbons (Fsp3) is 0.250. The second-order valence-electron chi connectivity index (χ2n) is 10.7. The highest BCUT2D eigenvalue weighted by Gasteiger charge is 2.22. The van der Waals surface area contributed by atoms with Crippen LogP contribution in [-0.4, -0.2) is 0 Å². The lowest BCUT2D eigenvalue weighted by molar-refractivity contribution is 0.592. The van der Waals surface area contributed by atoms with E-state index in [1.54, 1.807) is 0 Å². The van der Waals surface area contributed by atoms with E-state index in [2.05, 4.69) is 139 Å². The highest BCUT2D eigenvalue weighted by Crippen LogP contribution is 2.42. The minimum Gasteiger partial charge on any atom is -0.0622 e. The zero-order valence-corrected chi connectivity index (χ0v) is 20.2. The van der Waals surface area contributed by atoms with Gasteiger partial charge in [-0.05, 0) is 61.4 Å². The summed E-state index contributed by atoms with van der Waals surface area (Å²) in [7, 11) is 0. The van der Waals surface area contributed by atoms with Gasteiger partial charge in [0.15, 0.2) is 0 Å². The third-order valence-electron chi connectivity index (χ3n) is 6.18. The molecule has 0 aliphatic heterocycles. The molecule has 0 aliphatic rings. The summed E-state index contributed by atoms with van der Waals surface area (Å²) in [6, 6.07) is 35.4. The summed E-state index contributed by atoms with van der Waals surface area (Å²) in [6.07, 6.45) is 0. The van der Waals surface area contributed by atoms with Gasteiger partial charge in [0.1, 0.15) is 0 Å². The Morgan fingerprint density at radius 3 is 1.47 bits per heavy atom. The number of rotatable bonds is 3. The quantitative estimate of drug-likeness (QED) is 0.311. The van der Waals surface area contributed by atoms with Crippen molar-refractivity contribution in [3.63, 3.8) is 0 Å². The molecule has 0 heteroatoms. The molecule has 0 saturated carbocycles. The van der Waals surface area contributed by atoms with E-state index in [1.807, 2.05) is 0 Å². The summed E-state index contributed by atoms with van der Waals surface area (Å²) >= 11 is 0. The van der Waals surface area contributed by atoms with Crippen LogP contribution in [0.3, 0.4) is 0 Å². The Labute approximate surface area is 194 Å². The Bertz CT molecular complexity index is 1210. The van der Waals surface area contributed by atoms with Crippen LogP contribution in [0.4, 0.5) is 0 Å². The Kier molecular flexibility index (Phi) is 5.82. The van der Waals surface area contributed by atoms with Gasteiger partial charge < -0.3 is 0 Å². The molecular weight excluding hydrogens is 384 g/mol. The molecule has 0 radical (unpaired) electrons. The highest BCUT2D eigenvalue weighted by molar-refractivity contribution is 5.89. The molecule has 162 valence electrons. The van der Waals surface area contributed by atoms with Crippen LogP contribution in [0.25, 0.3) is 33.4 Å². The molecule has 4 aromatic carbocycles. The molecule has 0 heterocycles. The maximum atomic E-state index is 2.40. The molecule has 4 aromatic rings. The molecule has 0 fully saturated rings. The van der Waals surface area contributed by atoms with Crippen LogP contribution in [0.15, 0.2) is 97.1 Å². The Balaban J connectivity index is 2.02. The predicted molar refractivity (Wildman–Crippen MR) is 140 cm³/mol. The maximum absolute atomic E-state index is 2.40. The van der Waals surface area contributed by atoms with Crippen molar-refractivity contribution >= 4 is 0 Å². The van der Waals surface area contributed by atoms with Crippen LogP contribution >= 0.6 is 0 Å². The van der Waals surface area contributed by atoms with Gasteiger partial charge >= 0.3 is 0 Å². The van der Waals surface area contributed by atoms with Gasteiger partial charge in [0.2, 0.25) is 0 Å². The summed E-state index contributed by atoms with van der Waals surface area (Å²) < 4.78 is 0. The third kappa shape index (κ3) is 4.41. The lowest BCUT2D eigenvalue weighted by Crippen LogP contribution is -2.13. The smallest absolute Gasteiger partial charge is 0.00963 e. The number of hydrogen-bond acceptors (Lipinski definition) is 0. The number of benzene rings is 4. The highest BCUT2D eigenvalue weighted by atomic mass is 14.3. The molecule has 0 bridgehead atoms. The van der Waals surface area contributed by atoms with E-state index in [0.717, 1.165) is 0 Å². The minimum atomic E-state index is 0.0594. The van der Waals surface area contributed by atoms with Gasteiger partial charge in [-0.2, -0.15) is 0 Å². The molecular formula is C32H34. The second kappa shape index (κ2) is 8.43. The summed E-state index contributed by atoms with van der Waals surface area (Å²) in [5.41, 5.74) is 10.6. The van der Waals surface area contributed by atoms with Gasteiger partial charge in [-0.15, -0.1) is 0 Å². The molecule has 0 aromatic heterocycles. The fourth-order valence-electron chi connectivity index (χ4n) is 4.56. The second-order valence-corrected chi connectivity index (χ2v) is 10.7. The van der Waals surface area contributed by atoms with Crippen LogP contribution in [0.5, 0.6) is 0 Å². The van der Waals surface area contributed by atoms with Crippen molar-refractivity contribution in [3.8, 4) is 33.4 Å². The van der Waals surface area contributed by atoms with Crippen LogP contribution < -0.4 is 0 Å². The van der Waals surface area contributed by atoms with Gasteiger partial charge in [-0.3, -0.25) is 0 Å². The van der Waals surface area contributed by atoms with E-state index in [4.69, 9.17) is 0 Å². The van der Waals surface area contributed by atoms with Crippen LogP contribution in [-0.2, 0) is 10.8 Å².